The molecule has 1 unspecified atom stereocenters. The normalized spacial score (nSPS) is 11.8. The summed E-state index contributed by atoms with van der Waals surface area (Å²) in [5.41, 5.74) is 5.71. The molecule has 0 saturated carbocycles. The largest absolute Gasteiger partial charge is 0.494 e. The summed E-state index contributed by atoms with van der Waals surface area (Å²) in [6.45, 7) is 7.15. The van der Waals surface area contributed by atoms with Gasteiger partial charge in [0.25, 0.3) is 0 Å². The van der Waals surface area contributed by atoms with Crippen LogP contribution in [0.15, 0.2) is 72.8 Å². The summed E-state index contributed by atoms with van der Waals surface area (Å²) in [5, 5.41) is 0. The first-order valence-electron chi connectivity index (χ1n) is 17.2. The highest BCUT2D eigenvalue weighted by atomic mass is 16.5. The Hall–Kier alpha value is -3.07. The van der Waals surface area contributed by atoms with Gasteiger partial charge in [0.2, 0.25) is 0 Å². The molecule has 0 bridgehead atoms. The molecule has 3 heteroatoms. The fourth-order valence-electron chi connectivity index (χ4n) is 5.63. The molecule has 0 amide bonds. The van der Waals surface area contributed by atoms with E-state index in [1.54, 1.807) is 0 Å². The standard InChI is InChI=1S/C40H56O3/c1-4-6-8-9-10-11-12-13-14-15-16-20-32-42-37-30-28-36(29-31-37)39-22-19-18-21-38(39)35-26-24-34(25-27-35)33(3)43-40(41)23-17-7-5-2/h18-19,21-22,24-31,33H,4-17,20,23,32H2,1-3H3. The van der Waals surface area contributed by atoms with Gasteiger partial charge in [0.05, 0.1) is 6.61 Å². The summed E-state index contributed by atoms with van der Waals surface area (Å²) in [4.78, 5) is 12.2. The summed E-state index contributed by atoms with van der Waals surface area (Å²) in [5.74, 6) is 0.823. The van der Waals surface area contributed by atoms with Crippen LogP contribution in [0.25, 0.3) is 22.3 Å². The van der Waals surface area contributed by atoms with Gasteiger partial charge < -0.3 is 9.47 Å². The predicted octanol–water partition coefficient (Wildman–Crippen LogP) is 12.3. The lowest BCUT2D eigenvalue weighted by Crippen LogP contribution is -2.08. The number of rotatable bonds is 22. The van der Waals surface area contributed by atoms with Gasteiger partial charge in [-0.05, 0) is 59.7 Å². The van der Waals surface area contributed by atoms with Gasteiger partial charge in [-0.15, -0.1) is 0 Å². The molecule has 0 radical (unpaired) electrons. The lowest BCUT2D eigenvalue weighted by molar-refractivity contribution is -0.148. The molecule has 0 aromatic heterocycles. The van der Waals surface area contributed by atoms with Gasteiger partial charge in [0.1, 0.15) is 11.9 Å². The maximum absolute atomic E-state index is 12.2. The Morgan fingerprint density at radius 1 is 0.581 bits per heavy atom. The van der Waals surface area contributed by atoms with Crippen LogP contribution in [0.4, 0.5) is 0 Å². The third-order valence-electron chi connectivity index (χ3n) is 8.34. The molecule has 3 rings (SSSR count). The maximum atomic E-state index is 12.2. The van der Waals surface area contributed by atoms with E-state index in [1.807, 2.05) is 6.92 Å². The number of benzene rings is 3. The summed E-state index contributed by atoms with van der Waals surface area (Å²) >= 11 is 0. The van der Waals surface area contributed by atoms with Gasteiger partial charge in [-0.3, -0.25) is 4.79 Å². The van der Waals surface area contributed by atoms with Crippen molar-refractivity contribution in [1.29, 1.82) is 0 Å². The average molecular weight is 585 g/mol. The topological polar surface area (TPSA) is 35.5 Å². The quantitative estimate of drug-likeness (QED) is 0.0870. The van der Waals surface area contributed by atoms with Crippen molar-refractivity contribution in [2.24, 2.45) is 0 Å². The highest BCUT2D eigenvalue weighted by Crippen LogP contribution is 2.34. The molecule has 0 saturated heterocycles. The van der Waals surface area contributed by atoms with Crippen LogP contribution in [0.3, 0.4) is 0 Å². The van der Waals surface area contributed by atoms with E-state index < -0.39 is 0 Å². The smallest absolute Gasteiger partial charge is 0.306 e. The van der Waals surface area contributed by atoms with Crippen LogP contribution in [0.1, 0.15) is 135 Å². The van der Waals surface area contributed by atoms with Crippen LogP contribution in [0, 0.1) is 0 Å². The summed E-state index contributed by atoms with van der Waals surface area (Å²) in [6, 6.07) is 25.4. The molecule has 234 valence electrons. The number of hydrogen-bond acceptors (Lipinski definition) is 3. The second-order valence-corrected chi connectivity index (χ2v) is 12.0. The number of unbranched alkanes of at least 4 members (excludes halogenated alkanes) is 13. The van der Waals surface area contributed by atoms with Crippen molar-refractivity contribution < 1.29 is 14.3 Å². The van der Waals surface area contributed by atoms with E-state index in [1.165, 1.54) is 87.3 Å². The van der Waals surface area contributed by atoms with Gasteiger partial charge in [-0.25, -0.2) is 0 Å². The highest BCUT2D eigenvalue weighted by molar-refractivity contribution is 5.83. The van der Waals surface area contributed by atoms with Crippen molar-refractivity contribution in [2.45, 2.75) is 130 Å². The number of hydrogen-bond donors (Lipinski definition) is 0. The molecule has 3 aromatic carbocycles. The Bertz CT molecular complexity index is 1150. The van der Waals surface area contributed by atoms with Crippen LogP contribution in [0.2, 0.25) is 0 Å². The molecular weight excluding hydrogens is 528 g/mol. The first-order valence-corrected chi connectivity index (χ1v) is 17.2. The molecule has 0 aliphatic heterocycles. The third kappa shape index (κ3) is 13.0. The van der Waals surface area contributed by atoms with Crippen LogP contribution in [-0.4, -0.2) is 12.6 Å². The zero-order valence-electron chi connectivity index (χ0n) is 27.3. The minimum absolute atomic E-state index is 0.114. The molecular formula is C40H56O3. The van der Waals surface area contributed by atoms with Gasteiger partial charge in [-0.1, -0.05) is 158 Å². The molecule has 1 atom stereocenters. The number of esters is 1. The summed E-state index contributed by atoms with van der Waals surface area (Å²) in [7, 11) is 0. The minimum atomic E-state index is -0.249. The Kier molecular flexibility index (Phi) is 16.6. The average Bonchev–Trinajstić information content (AvgIpc) is 3.04. The van der Waals surface area contributed by atoms with E-state index in [2.05, 4.69) is 86.6 Å². The number of ether oxygens (including phenoxy) is 2. The molecule has 3 aromatic rings. The Labute approximate surface area is 262 Å². The monoisotopic (exact) mass is 584 g/mol. The molecule has 0 N–H and O–H groups in total. The summed E-state index contributed by atoms with van der Waals surface area (Å²) < 4.78 is 11.7. The SMILES string of the molecule is CCCCCCCCCCCCCCOc1ccc(-c2ccccc2-c2ccc(C(C)OC(=O)CCCCC)cc2)cc1. The van der Waals surface area contributed by atoms with Crippen molar-refractivity contribution in [3.05, 3.63) is 78.4 Å². The second kappa shape index (κ2) is 20.8. The van der Waals surface area contributed by atoms with Gasteiger partial charge >= 0.3 is 5.97 Å². The maximum Gasteiger partial charge on any atom is 0.306 e. The van der Waals surface area contributed by atoms with Gasteiger partial charge in [0, 0.05) is 6.42 Å². The Morgan fingerprint density at radius 2 is 1.05 bits per heavy atom. The zero-order valence-corrected chi connectivity index (χ0v) is 27.3. The lowest BCUT2D eigenvalue weighted by Gasteiger charge is -2.15. The molecule has 0 aliphatic rings. The van der Waals surface area contributed by atoms with Gasteiger partial charge in [0.15, 0.2) is 0 Å². The Balaban J connectivity index is 1.42. The molecule has 0 fully saturated rings. The van der Waals surface area contributed by atoms with Crippen molar-refractivity contribution in [3.8, 4) is 28.0 Å². The third-order valence-corrected chi connectivity index (χ3v) is 8.34. The Morgan fingerprint density at radius 3 is 1.58 bits per heavy atom. The number of carbonyl (C=O) groups excluding carboxylic acids is 1. The fraction of sp³-hybridized carbons (Fsp3) is 0.525. The molecule has 0 aliphatic carbocycles. The van der Waals surface area contributed by atoms with E-state index in [-0.39, 0.29) is 12.1 Å². The van der Waals surface area contributed by atoms with Crippen LogP contribution in [0.5, 0.6) is 5.75 Å². The lowest BCUT2D eigenvalue weighted by atomic mass is 9.94. The van der Waals surface area contributed by atoms with Crippen molar-refractivity contribution in [2.75, 3.05) is 6.61 Å². The first-order chi connectivity index (χ1) is 21.1. The van der Waals surface area contributed by atoms with E-state index in [4.69, 9.17) is 9.47 Å². The molecule has 0 heterocycles. The predicted molar refractivity (Wildman–Crippen MR) is 183 cm³/mol. The highest BCUT2D eigenvalue weighted by Gasteiger charge is 2.13. The number of carbonyl (C=O) groups is 1. The molecule has 0 spiro atoms. The molecule has 43 heavy (non-hydrogen) atoms. The summed E-state index contributed by atoms with van der Waals surface area (Å²) in [6.07, 6.45) is 19.5. The van der Waals surface area contributed by atoms with E-state index >= 15 is 0 Å². The fourth-order valence-corrected chi connectivity index (χ4v) is 5.63. The van der Waals surface area contributed by atoms with Crippen molar-refractivity contribution >= 4 is 5.97 Å². The minimum Gasteiger partial charge on any atom is -0.494 e. The first kappa shape index (κ1) is 34.4. The van der Waals surface area contributed by atoms with Crippen LogP contribution >= 0.6 is 0 Å². The van der Waals surface area contributed by atoms with E-state index in [0.717, 1.165) is 49.2 Å². The molecule has 3 nitrogen and oxygen atoms in total. The van der Waals surface area contributed by atoms with Crippen molar-refractivity contribution in [3.63, 3.8) is 0 Å². The van der Waals surface area contributed by atoms with Crippen LogP contribution in [-0.2, 0) is 9.53 Å². The van der Waals surface area contributed by atoms with Gasteiger partial charge in [-0.2, -0.15) is 0 Å². The van der Waals surface area contributed by atoms with Crippen molar-refractivity contribution in [1.82, 2.24) is 0 Å². The van der Waals surface area contributed by atoms with Crippen LogP contribution < -0.4 is 4.74 Å². The zero-order chi connectivity index (χ0) is 30.5. The van der Waals surface area contributed by atoms with E-state index in [0.29, 0.717) is 6.42 Å². The second-order valence-electron chi connectivity index (χ2n) is 12.0. The van der Waals surface area contributed by atoms with E-state index in [9.17, 15) is 4.79 Å².